The van der Waals surface area contributed by atoms with Crippen molar-refractivity contribution in [2.75, 3.05) is 13.7 Å². The fourth-order valence-electron chi connectivity index (χ4n) is 1.45. The second-order valence-corrected chi connectivity index (χ2v) is 3.47. The minimum Gasteiger partial charge on any atom is -0.493 e. The Morgan fingerprint density at radius 3 is 2.60 bits per heavy atom. The molecule has 84 valence electrons. The number of aliphatic hydroxyl groups excluding tert-OH is 1. The summed E-state index contributed by atoms with van der Waals surface area (Å²) in [6.45, 7) is 4.32. The van der Waals surface area contributed by atoms with Crippen molar-refractivity contribution in [3.63, 3.8) is 0 Å². The van der Waals surface area contributed by atoms with Gasteiger partial charge in [0.05, 0.1) is 19.8 Å². The van der Waals surface area contributed by atoms with E-state index in [1.807, 2.05) is 25.1 Å². The van der Waals surface area contributed by atoms with Gasteiger partial charge in [-0.25, -0.2) is 0 Å². The Morgan fingerprint density at radius 2 is 2.07 bits per heavy atom. The molecule has 15 heavy (non-hydrogen) atoms. The van der Waals surface area contributed by atoms with Crippen LogP contribution in [-0.4, -0.2) is 24.9 Å². The van der Waals surface area contributed by atoms with Crippen molar-refractivity contribution in [1.29, 1.82) is 0 Å². The molecule has 1 aromatic carbocycles. The smallest absolute Gasteiger partial charge is 0.161 e. The second-order valence-electron chi connectivity index (χ2n) is 3.47. The van der Waals surface area contributed by atoms with Crippen LogP contribution in [-0.2, 0) is 6.42 Å². The zero-order chi connectivity index (χ0) is 11.3. The SMILES string of the molecule is CCOc1ccc(CC(C)O)cc1OC. The molecule has 1 unspecified atom stereocenters. The summed E-state index contributed by atoms with van der Waals surface area (Å²) < 4.78 is 10.6. The highest BCUT2D eigenvalue weighted by Crippen LogP contribution is 2.28. The van der Waals surface area contributed by atoms with Gasteiger partial charge in [0, 0.05) is 0 Å². The molecule has 1 aromatic rings. The van der Waals surface area contributed by atoms with Crippen molar-refractivity contribution in [1.82, 2.24) is 0 Å². The lowest BCUT2D eigenvalue weighted by Crippen LogP contribution is -2.04. The van der Waals surface area contributed by atoms with Gasteiger partial charge in [0.1, 0.15) is 0 Å². The zero-order valence-corrected chi connectivity index (χ0v) is 9.49. The molecule has 0 aromatic heterocycles. The van der Waals surface area contributed by atoms with Gasteiger partial charge in [0.2, 0.25) is 0 Å². The molecule has 0 aliphatic rings. The number of hydrogen-bond donors (Lipinski definition) is 1. The van der Waals surface area contributed by atoms with Crippen LogP contribution >= 0.6 is 0 Å². The van der Waals surface area contributed by atoms with E-state index in [-0.39, 0.29) is 6.10 Å². The Bertz CT molecular complexity index is 308. The minimum absolute atomic E-state index is 0.340. The van der Waals surface area contributed by atoms with Gasteiger partial charge in [-0.2, -0.15) is 0 Å². The molecule has 0 fully saturated rings. The number of benzene rings is 1. The molecule has 1 N–H and O–H groups in total. The highest BCUT2D eigenvalue weighted by molar-refractivity contribution is 5.43. The third-order valence-electron chi connectivity index (χ3n) is 2.06. The van der Waals surface area contributed by atoms with Gasteiger partial charge in [-0.3, -0.25) is 0 Å². The lowest BCUT2D eigenvalue weighted by atomic mass is 10.1. The number of rotatable bonds is 5. The van der Waals surface area contributed by atoms with E-state index in [4.69, 9.17) is 9.47 Å². The Balaban J connectivity index is 2.86. The maximum atomic E-state index is 9.27. The van der Waals surface area contributed by atoms with Crippen LogP contribution in [0.15, 0.2) is 18.2 Å². The first-order valence-corrected chi connectivity index (χ1v) is 5.15. The van der Waals surface area contributed by atoms with Crippen LogP contribution in [0, 0.1) is 0 Å². The van der Waals surface area contributed by atoms with Crippen molar-refractivity contribution in [2.45, 2.75) is 26.4 Å². The van der Waals surface area contributed by atoms with Crippen LogP contribution in [0.2, 0.25) is 0 Å². The van der Waals surface area contributed by atoms with Gasteiger partial charge >= 0.3 is 0 Å². The van der Waals surface area contributed by atoms with E-state index >= 15 is 0 Å². The van der Waals surface area contributed by atoms with E-state index in [1.165, 1.54) is 0 Å². The third kappa shape index (κ3) is 3.44. The molecule has 0 aliphatic heterocycles. The van der Waals surface area contributed by atoms with Crippen LogP contribution in [0.1, 0.15) is 19.4 Å². The van der Waals surface area contributed by atoms with Gasteiger partial charge in [-0.15, -0.1) is 0 Å². The average Bonchev–Trinajstić information content (AvgIpc) is 2.20. The van der Waals surface area contributed by atoms with Crippen molar-refractivity contribution in [3.05, 3.63) is 23.8 Å². The van der Waals surface area contributed by atoms with E-state index in [9.17, 15) is 5.11 Å². The van der Waals surface area contributed by atoms with Gasteiger partial charge < -0.3 is 14.6 Å². The fourth-order valence-corrected chi connectivity index (χ4v) is 1.45. The molecule has 0 aliphatic carbocycles. The van der Waals surface area contributed by atoms with Gasteiger partial charge in [-0.05, 0) is 38.0 Å². The van der Waals surface area contributed by atoms with Crippen molar-refractivity contribution in [3.8, 4) is 11.5 Å². The van der Waals surface area contributed by atoms with Gasteiger partial charge in [0.25, 0.3) is 0 Å². The first-order valence-electron chi connectivity index (χ1n) is 5.15. The lowest BCUT2D eigenvalue weighted by molar-refractivity contribution is 0.195. The zero-order valence-electron chi connectivity index (χ0n) is 9.49. The topological polar surface area (TPSA) is 38.7 Å². The normalized spacial score (nSPS) is 12.3. The molecule has 0 saturated heterocycles. The van der Waals surface area contributed by atoms with E-state index < -0.39 is 0 Å². The number of ether oxygens (including phenoxy) is 2. The van der Waals surface area contributed by atoms with Crippen molar-refractivity contribution in [2.24, 2.45) is 0 Å². The first kappa shape index (κ1) is 11.9. The molecule has 0 bridgehead atoms. The Morgan fingerprint density at radius 1 is 1.33 bits per heavy atom. The third-order valence-corrected chi connectivity index (χ3v) is 2.06. The largest absolute Gasteiger partial charge is 0.493 e. The molecule has 0 amide bonds. The molecular formula is C12H18O3. The molecule has 1 atom stereocenters. The van der Waals surface area contributed by atoms with Gasteiger partial charge in [-0.1, -0.05) is 6.07 Å². The molecule has 0 radical (unpaired) electrons. The summed E-state index contributed by atoms with van der Waals surface area (Å²) >= 11 is 0. The summed E-state index contributed by atoms with van der Waals surface area (Å²) in [5.41, 5.74) is 1.05. The van der Waals surface area contributed by atoms with Gasteiger partial charge in [0.15, 0.2) is 11.5 Å². The van der Waals surface area contributed by atoms with Crippen molar-refractivity contribution >= 4 is 0 Å². The molecule has 3 heteroatoms. The maximum Gasteiger partial charge on any atom is 0.161 e. The lowest BCUT2D eigenvalue weighted by Gasteiger charge is -2.11. The van der Waals surface area contributed by atoms with E-state index in [0.717, 1.165) is 17.1 Å². The monoisotopic (exact) mass is 210 g/mol. The fraction of sp³-hybridized carbons (Fsp3) is 0.500. The summed E-state index contributed by atoms with van der Waals surface area (Å²) in [6, 6.07) is 5.72. The van der Waals surface area contributed by atoms with E-state index in [2.05, 4.69) is 0 Å². The summed E-state index contributed by atoms with van der Waals surface area (Å²) in [7, 11) is 1.62. The van der Waals surface area contributed by atoms with Crippen molar-refractivity contribution < 1.29 is 14.6 Å². The first-order chi connectivity index (χ1) is 7.17. The maximum absolute atomic E-state index is 9.27. The summed E-state index contributed by atoms with van der Waals surface area (Å²) in [5, 5.41) is 9.27. The van der Waals surface area contributed by atoms with Crippen LogP contribution in [0.4, 0.5) is 0 Å². The molecule has 0 saturated carbocycles. The summed E-state index contributed by atoms with van der Waals surface area (Å²) in [6.07, 6.45) is 0.288. The quantitative estimate of drug-likeness (QED) is 0.808. The molecule has 1 rings (SSSR count). The molecule has 0 heterocycles. The molecule has 3 nitrogen and oxygen atoms in total. The molecular weight excluding hydrogens is 192 g/mol. The predicted molar refractivity (Wildman–Crippen MR) is 59.5 cm³/mol. The van der Waals surface area contributed by atoms with Crippen LogP contribution in [0.25, 0.3) is 0 Å². The second kappa shape index (κ2) is 5.61. The standard InChI is InChI=1S/C12H18O3/c1-4-15-11-6-5-10(7-9(2)13)8-12(11)14-3/h5-6,8-9,13H,4,7H2,1-3H3. The number of methoxy groups -OCH3 is 1. The van der Waals surface area contributed by atoms with Crippen LogP contribution in [0.3, 0.4) is 0 Å². The van der Waals surface area contributed by atoms with E-state index in [0.29, 0.717) is 13.0 Å². The highest BCUT2D eigenvalue weighted by Gasteiger charge is 2.06. The minimum atomic E-state index is -0.340. The van der Waals surface area contributed by atoms with Crippen LogP contribution < -0.4 is 9.47 Å². The predicted octanol–water partition coefficient (Wildman–Crippen LogP) is 2.02. The molecule has 0 spiro atoms. The summed E-state index contributed by atoms with van der Waals surface area (Å²) in [4.78, 5) is 0. The summed E-state index contributed by atoms with van der Waals surface area (Å²) in [5.74, 6) is 1.46. The highest BCUT2D eigenvalue weighted by atomic mass is 16.5. The van der Waals surface area contributed by atoms with E-state index in [1.54, 1.807) is 14.0 Å². The Labute approximate surface area is 90.6 Å². The Kier molecular flexibility index (Phi) is 4.43. The number of aliphatic hydroxyl groups is 1. The van der Waals surface area contributed by atoms with Crippen LogP contribution in [0.5, 0.6) is 11.5 Å². The number of hydrogen-bond acceptors (Lipinski definition) is 3. The Hall–Kier alpha value is -1.22. The average molecular weight is 210 g/mol.